The van der Waals surface area contributed by atoms with Crippen LogP contribution in [0.2, 0.25) is 0 Å². The number of hydrogen-bond acceptors (Lipinski definition) is 8. The third-order valence-corrected chi connectivity index (χ3v) is 5.55. The molecule has 0 amide bonds. The summed E-state index contributed by atoms with van der Waals surface area (Å²) in [7, 11) is 1.63. The zero-order valence-electron chi connectivity index (χ0n) is 15.7. The molecule has 0 saturated heterocycles. The fraction of sp³-hybridized carbons (Fsp3) is 0.200. The number of hydrogen-bond donors (Lipinski definition) is 2. The lowest BCUT2D eigenvalue weighted by Crippen LogP contribution is -2.29. The maximum Gasteiger partial charge on any atom is 0.335 e. The molecule has 0 fully saturated rings. The Morgan fingerprint density at radius 1 is 1.24 bits per heavy atom. The second kappa shape index (κ2) is 7.96. The van der Waals surface area contributed by atoms with Crippen LogP contribution in [0.3, 0.4) is 0 Å². The van der Waals surface area contributed by atoms with Gasteiger partial charge in [0.2, 0.25) is 0 Å². The van der Waals surface area contributed by atoms with Crippen molar-refractivity contribution in [2.45, 2.75) is 18.7 Å². The summed E-state index contributed by atoms with van der Waals surface area (Å²) < 4.78 is 10.0. The van der Waals surface area contributed by atoms with Gasteiger partial charge in [-0.2, -0.15) is 0 Å². The molecular weight excluding hydrogens is 392 g/mol. The van der Waals surface area contributed by atoms with E-state index in [1.165, 1.54) is 11.8 Å². The van der Waals surface area contributed by atoms with Crippen molar-refractivity contribution in [3.8, 4) is 5.75 Å². The van der Waals surface area contributed by atoms with Crippen molar-refractivity contribution in [3.63, 3.8) is 0 Å². The van der Waals surface area contributed by atoms with Crippen LogP contribution in [-0.2, 0) is 10.5 Å². The zero-order chi connectivity index (χ0) is 20.4. The first-order valence-corrected chi connectivity index (χ1v) is 9.81. The van der Waals surface area contributed by atoms with E-state index in [2.05, 4.69) is 20.6 Å². The number of aromatic nitrogens is 2. The van der Waals surface area contributed by atoms with Crippen molar-refractivity contribution in [1.82, 2.24) is 15.6 Å². The molecule has 2 heterocycles. The van der Waals surface area contributed by atoms with Gasteiger partial charge in [0.15, 0.2) is 5.17 Å². The summed E-state index contributed by atoms with van der Waals surface area (Å²) in [6.45, 7) is 1.74. The minimum atomic E-state index is -1.03. The number of ether oxygens (including phenoxy) is 1. The monoisotopic (exact) mass is 410 g/mol. The minimum Gasteiger partial charge on any atom is -0.497 e. The number of fused-ring (bicyclic) bond motifs is 1. The number of amidine groups is 1. The minimum absolute atomic E-state index is 0.175. The summed E-state index contributed by atoms with van der Waals surface area (Å²) in [4.78, 5) is 16.6. The molecule has 8 nitrogen and oxygen atoms in total. The highest BCUT2D eigenvalue weighted by Gasteiger charge is 2.31. The van der Waals surface area contributed by atoms with Gasteiger partial charge in [-0.15, -0.1) is 0 Å². The van der Waals surface area contributed by atoms with E-state index in [-0.39, 0.29) is 5.57 Å². The van der Waals surface area contributed by atoms with Crippen LogP contribution in [0.15, 0.2) is 63.4 Å². The van der Waals surface area contributed by atoms with Crippen LogP contribution in [0.1, 0.15) is 24.1 Å². The average molecular weight is 410 g/mol. The standard InChI is InChI=1S/C20H18N4O4S/c1-11-16(19(25)26)18(14-4-3-5-15-17(14)24-28-23-15)22-20(21-11)29-10-12-6-8-13(27-2)9-7-12/h3-9,18H,10H2,1-2H3,(H,21,22)(H,25,26). The van der Waals surface area contributed by atoms with Gasteiger partial charge in [0.1, 0.15) is 22.8 Å². The maximum absolute atomic E-state index is 11.9. The van der Waals surface area contributed by atoms with Crippen molar-refractivity contribution in [2.75, 3.05) is 7.11 Å². The largest absolute Gasteiger partial charge is 0.497 e. The van der Waals surface area contributed by atoms with Gasteiger partial charge in [-0.05, 0) is 41.0 Å². The normalized spacial score (nSPS) is 16.5. The number of aliphatic carboxylic acids is 1. The van der Waals surface area contributed by atoms with Gasteiger partial charge in [0.25, 0.3) is 0 Å². The van der Waals surface area contributed by atoms with E-state index in [0.29, 0.717) is 33.2 Å². The van der Waals surface area contributed by atoms with Gasteiger partial charge < -0.3 is 15.2 Å². The van der Waals surface area contributed by atoms with E-state index >= 15 is 0 Å². The number of thioether (sulfide) groups is 1. The topological polar surface area (TPSA) is 110 Å². The van der Waals surface area contributed by atoms with Crippen LogP contribution in [0.4, 0.5) is 0 Å². The SMILES string of the molecule is COc1ccc(CSC2=NC(c3cccc4nonc34)C(C(=O)O)=C(C)N2)cc1. The molecule has 1 aliphatic rings. The molecule has 0 spiro atoms. The maximum atomic E-state index is 11.9. The molecule has 0 aliphatic carbocycles. The number of benzene rings is 2. The third kappa shape index (κ3) is 3.81. The quantitative estimate of drug-likeness (QED) is 0.657. The van der Waals surface area contributed by atoms with Gasteiger partial charge in [0, 0.05) is 17.0 Å². The second-order valence-electron chi connectivity index (χ2n) is 6.42. The Morgan fingerprint density at radius 2 is 2.03 bits per heavy atom. The average Bonchev–Trinajstić information content (AvgIpc) is 3.21. The molecule has 4 rings (SSSR count). The third-order valence-electron chi connectivity index (χ3n) is 4.60. The molecule has 9 heteroatoms. The molecule has 29 heavy (non-hydrogen) atoms. The molecule has 0 bridgehead atoms. The van der Waals surface area contributed by atoms with Crippen LogP contribution in [0.5, 0.6) is 5.75 Å². The smallest absolute Gasteiger partial charge is 0.335 e. The summed E-state index contributed by atoms with van der Waals surface area (Å²) in [5.41, 5.74) is 3.53. The Labute approximate surface area is 170 Å². The van der Waals surface area contributed by atoms with Crippen molar-refractivity contribution < 1.29 is 19.3 Å². The fourth-order valence-electron chi connectivity index (χ4n) is 3.14. The Morgan fingerprint density at radius 3 is 2.76 bits per heavy atom. The highest BCUT2D eigenvalue weighted by atomic mass is 32.2. The van der Waals surface area contributed by atoms with Crippen LogP contribution in [-0.4, -0.2) is 33.7 Å². The summed E-state index contributed by atoms with van der Waals surface area (Å²) in [6.07, 6.45) is 0. The highest BCUT2D eigenvalue weighted by molar-refractivity contribution is 8.13. The Balaban J connectivity index is 1.64. The van der Waals surface area contributed by atoms with E-state index in [1.54, 1.807) is 32.2 Å². The number of carboxylic acid groups (broad SMARTS) is 1. The molecule has 1 aliphatic heterocycles. The van der Waals surface area contributed by atoms with Gasteiger partial charge in [0.05, 0.1) is 12.7 Å². The number of methoxy groups -OCH3 is 1. The lowest BCUT2D eigenvalue weighted by Gasteiger charge is -2.24. The van der Waals surface area contributed by atoms with Gasteiger partial charge in [-0.1, -0.05) is 36.0 Å². The number of allylic oxidation sites excluding steroid dienone is 1. The van der Waals surface area contributed by atoms with Gasteiger partial charge in [-0.25, -0.2) is 14.4 Å². The van der Waals surface area contributed by atoms with Crippen molar-refractivity contribution in [1.29, 1.82) is 0 Å². The van der Waals surface area contributed by atoms with Crippen molar-refractivity contribution in [2.24, 2.45) is 4.99 Å². The molecule has 0 saturated carbocycles. The van der Waals surface area contributed by atoms with Crippen LogP contribution >= 0.6 is 11.8 Å². The second-order valence-corrected chi connectivity index (χ2v) is 7.39. The summed E-state index contributed by atoms with van der Waals surface area (Å²) in [5, 5.41) is 21.3. The summed E-state index contributed by atoms with van der Waals surface area (Å²) in [6, 6.07) is 12.4. The van der Waals surface area contributed by atoms with E-state index in [9.17, 15) is 9.90 Å². The predicted octanol–water partition coefficient (Wildman–Crippen LogP) is 3.52. The first kappa shape index (κ1) is 19.0. The van der Waals surface area contributed by atoms with E-state index in [0.717, 1.165) is 11.3 Å². The number of carbonyl (C=O) groups is 1. The summed E-state index contributed by atoms with van der Waals surface area (Å²) in [5.74, 6) is 0.441. The van der Waals surface area contributed by atoms with Crippen LogP contribution in [0, 0.1) is 0 Å². The Kier molecular flexibility index (Phi) is 5.22. The van der Waals surface area contributed by atoms with Crippen molar-refractivity contribution in [3.05, 3.63) is 64.9 Å². The van der Waals surface area contributed by atoms with E-state index < -0.39 is 12.0 Å². The van der Waals surface area contributed by atoms with Crippen LogP contribution < -0.4 is 10.1 Å². The number of carboxylic acids is 1. The van der Waals surface area contributed by atoms with Gasteiger partial charge >= 0.3 is 5.97 Å². The van der Waals surface area contributed by atoms with E-state index in [4.69, 9.17) is 9.37 Å². The molecular formula is C20H18N4O4S. The van der Waals surface area contributed by atoms with Crippen molar-refractivity contribution >= 4 is 33.9 Å². The molecule has 2 aromatic carbocycles. The zero-order valence-corrected chi connectivity index (χ0v) is 16.6. The highest BCUT2D eigenvalue weighted by Crippen LogP contribution is 2.35. The molecule has 1 unspecified atom stereocenters. The van der Waals surface area contributed by atoms with E-state index in [1.807, 2.05) is 24.3 Å². The fourth-order valence-corrected chi connectivity index (χ4v) is 4.04. The van der Waals surface area contributed by atoms with Gasteiger partial charge in [-0.3, -0.25) is 0 Å². The molecule has 3 aromatic rings. The number of nitrogens with zero attached hydrogens (tertiary/aromatic N) is 3. The number of aliphatic imine (C=N–C) groups is 1. The Hall–Kier alpha value is -3.33. The number of rotatable bonds is 5. The predicted molar refractivity (Wildman–Crippen MR) is 110 cm³/mol. The molecule has 0 radical (unpaired) electrons. The first-order valence-electron chi connectivity index (χ1n) is 8.82. The molecule has 1 aromatic heterocycles. The summed E-state index contributed by atoms with van der Waals surface area (Å²) >= 11 is 1.50. The van der Waals surface area contributed by atoms with Crippen LogP contribution in [0.25, 0.3) is 11.0 Å². The Bertz CT molecular complexity index is 1120. The molecule has 2 N–H and O–H groups in total. The first-order chi connectivity index (χ1) is 14.1. The number of nitrogens with one attached hydrogen (secondary N) is 1. The molecule has 1 atom stereocenters. The lowest BCUT2D eigenvalue weighted by molar-refractivity contribution is -0.133. The lowest BCUT2D eigenvalue weighted by atomic mass is 9.95. The molecule has 148 valence electrons.